The van der Waals surface area contributed by atoms with Crippen molar-refractivity contribution in [1.29, 1.82) is 0 Å². The normalized spacial score (nSPS) is 12.0. The molecule has 0 radical (unpaired) electrons. The second-order valence-electron chi connectivity index (χ2n) is 4.78. The van der Waals surface area contributed by atoms with Crippen molar-refractivity contribution in [3.63, 3.8) is 0 Å². The van der Waals surface area contributed by atoms with Gasteiger partial charge in [-0.05, 0) is 11.6 Å². The van der Waals surface area contributed by atoms with Gasteiger partial charge in [-0.15, -0.1) is 11.3 Å². The van der Waals surface area contributed by atoms with Gasteiger partial charge in [0.2, 0.25) is 0 Å². The number of hydrogen-bond donors (Lipinski definition) is 1. The van der Waals surface area contributed by atoms with Crippen molar-refractivity contribution in [3.05, 3.63) is 76.5 Å². The lowest BCUT2D eigenvalue weighted by atomic mass is 10.1. The molecule has 22 heavy (non-hydrogen) atoms. The van der Waals surface area contributed by atoms with Crippen LogP contribution in [-0.2, 0) is 6.54 Å². The molecule has 3 rings (SSSR count). The van der Waals surface area contributed by atoms with Crippen molar-refractivity contribution in [2.75, 3.05) is 7.11 Å². The van der Waals surface area contributed by atoms with Crippen molar-refractivity contribution in [1.82, 2.24) is 15.3 Å². The Bertz CT molecular complexity index is 701. The fourth-order valence-corrected chi connectivity index (χ4v) is 2.99. The molecule has 1 N–H and O–H groups in total. The van der Waals surface area contributed by atoms with E-state index in [9.17, 15) is 0 Å². The summed E-state index contributed by atoms with van der Waals surface area (Å²) >= 11 is 1.65. The van der Waals surface area contributed by atoms with Gasteiger partial charge < -0.3 is 4.74 Å². The van der Waals surface area contributed by atoms with Gasteiger partial charge in [0.1, 0.15) is 10.8 Å². The fourth-order valence-electron chi connectivity index (χ4n) is 2.26. The van der Waals surface area contributed by atoms with Crippen LogP contribution in [-0.4, -0.2) is 17.1 Å². The van der Waals surface area contributed by atoms with Gasteiger partial charge in [-0.2, -0.15) is 0 Å². The molecule has 0 saturated heterocycles. The summed E-state index contributed by atoms with van der Waals surface area (Å²) in [5, 5.41) is 6.58. The summed E-state index contributed by atoms with van der Waals surface area (Å²) in [6.45, 7) is 0.649. The smallest absolute Gasteiger partial charge is 0.122 e. The summed E-state index contributed by atoms with van der Waals surface area (Å²) in [4.78, 5) is 8.82. The van der Waals surface area contributed by atoms with Crippen LogP contribution >= 0.6 is 11.3 Å². The number of methoxy groups -OCH3 is 1. The molecule has 0 bridgehead atoms. The summed E-state index contributed by atoms with van der Waals surface area (Å²) in [6, 6.07) is 14.2. The molecule has 3 aromatic rings. The average Bonchev–Trinajstić information content (AvgIpc) is 3.10. The Labute approximate surface area is 133 Å². The predicted octanol–water partition coefficient (Wildman–Crippen LogP) is 3.43. The molecule has 0 amide bonds. The van der Waals surface area contributed by atoms with Crippen LogP contribution in [0.15, 0.2) is 60.2 Å². The Hall–Kier alpha value is -2.24. The van der Waals surface area contributed by atoms with E-state index in [1.165, 1.54) is 5.56 Å². The summed E-state index contributed by atoms with van der Waals surface area (Å²) in [5.74, 6) is 0.817. The maximum Gasteiger partial charge on any atom is 0.122 e. The summed E-state index contributed by atoms with van der Waals surface area (Å²) in [6.07, 6.45) is 3.60. The maximum atomic E-state index is 5.24. The monoisotopic (exact) mass is 311 g/mol. The number of nitrogens with zero attached hydrogens (tertiary/aromatic N) is 2. The van der Waals surface area contributed by atoms with Gasteiger partial charge in [-0.25, -0.2) is 4.98 Å². The zero-order chi connectivity index (χ0) is 15.2. The number of aromatic nitrogens is 2. The summed E-state index contributed by atoms with van der Waals surface area (Å²) < 4.78 is 5.24. The highest BCUT2D eigenvalue weighted by molar-refractivity contribution is 7.09. The molecule has 5 heteroatoms. The maximum absolute atomic E-state index is 5.24. The van der Waals surface area contributed by atoms with Crippen molar-refractivity contribution in [2.45, 2.75) is 12.6 Å². The molecule has 0 aliphatic carbocycles. The molecule has 2 aromatic heterocycles. The minimum absolute atomic E-state index is 0.0641. The molecule has 112 valence electrons. The van der Waals surface area contributed by atoms with Crippen molar-refractivity contribution >= 4 is 11.3 Å². The quantitative estimate of drug-likeness (QED) is 0.757. The van der Waals surface area contributed by atoms with Crippen molar-refractivity contribution in [3.8, 4) is 5.75 Å². The molecule has 4 nitrogen and oxygen atoms in total. The summed E-state index contributed by atoms with van der Waals surface area (Å²) in [7, 11) is 1.66. The van der Waals surface area contributed by atoms with E-state index < -0.39 is 0 Å². The topological polar surface area (TPSA) is 47.0 Å². The molecular formula is C17H17N3OS. The van der Waals surface area contributed by atoms with E-state index in [1.54, 1.807) is 24.6 Å². The van der Waals surface area contributed by atoms with E-state index in [1.807, 2.05) is 41.9 Å². The minimum Gasteiger partial charge on any atom is -0.497 e. The van der Waals surface area contributed by atoms with Crippen LogP contribution in [0, 0.1) is 0 Å². The highest BCUT2D eigenvalue weighted by Crippen LogP contribution is 2.24. The Morgan fingerprint density at radius 3 is 2.73 bits per heavy atom. The lowest BCUT2D eigenvalue weighted by Crippen LogP contribution is -2.22. The van der Waals surface area contributed by atoms with E-state index in [2.05, 4.69) is 27.4 Å². The van der Waals surface area contributed by atoms with Crippen molar-refractivity contribution < 1.29 is 4.74 Å². The lowest BCUT2D eigenvalue weighted by molar-refractivity contribution is 0.413. The predicted molar refractivity (Wildman–Crippen MR) is 88.0 cm³/mol. The first kappa shape index (κ1) is 14.7. The molecule has 2 heterocycles. The first-order valence-electron chi connectivity index (χ1n) is 7.03. The molecule has 0 saturated carbocycles. The molecule has 1 atom stereocenters. The highest BCUT2D eigenvalue weighted by atomic mass is 32.1. The zero-order valence-electron chi connectivity index (χ0n) is 12.3. The largest absolute Gasteiger partial charge is 0.497 e. The number of hydrogen-bond acceptors (Lipinski definition) is 5. The average molecular weight is 311 g/mol. The number of pyridine rings is 1. The van der Waals surface area contributed by atoms with Crippen LogP contribution in [0.5, 0.6) is 5.75 Å². The molecular weight excluding hydrogens is 294 g/mol. The molecule has 0 aliphatic heterocycles. The number of benzene rings is 1. The highest BCUT2D eigenvalue weighted by Gasteiger charge is 2.16. The third-order valence-electron chi connectivity index (χ3n) is 3.34. The van der Waals surface area contributed by atoms with E-state index in [0.717, 1.165) is 16.5 Å². The lowest BCUT2D eigenvalue weighted by Gasteiger charge is -2.17. The van der Waals surface area contributed by atoms with E-state index in [0.29, 0.717) is 6.54 Å². The Morgan fingerprint density at radius 2 is 2.00 bits per heavy atom. The van der Waals surface area contributed by atoms with Crippen LogP contribution in [0.4, 0.5) is 0 Å². The number of ether oxygens (including phenoxy) is 1. The van der Waals surface area contributed by atoms with Gasteiger partial charge in [0.15, 0.2) is 0 Å². The van der Waals surface area contributed by atoms with Crippen LogP contribution in [0.1, 0.15) is 22.3 Å². The van der Waals surface area contributed by atoms with Crippen LogP contribution in [0.25, 0.3) is 0 Å². The molecule has 1 aromatic carbocycles. The van der Waals surface area contributed by atoms with E-state index >= 15 is 0 Å². The number of rotatable bonds is 6. The van der Waals surface area contributed by atoms with E-state index in [4.69, 9.17) is 4.74 Å². The molecule has 0 fully saturated rings. The first-order valence-corrected chi connectivity index (χ1v) is 7.91. The second-order valence-corrected chi connectivity index (χ2v) is 5.71. The minimum atomic E-state index is 0.0641. The van der Waals surface area contributed by atoms with Gasteiger partial charge >= 0.3 is 0 Å². The Balaban J connectivity index is 1.79. The van der Waals surface area contributed by atoms with Gasteiger partial charge in [-0.3, -0.25) is 10.3 Å². The number of nitrogens with one attached hydrogen (secondary N) is 1. The Morgan fingerprint density at radius 1 is 1.14 bits per heavy atom. The molecule has 0 spiro atoms. The third-order valence-corrected chi connectivity index (χ3v) is 4.18. The fraction of sp³-hybridized carbons (Fsp3) is 0.176. The van der Waals surface area contributed by atoms with Gasteiger partial charge in [-0.1, -0.05) is 30.3 Å². The van der Waals surface area contributed by atoms with Gasteiger partial charge in [0, 0.05) is 30.4 Å². The number of thiazole rings is 1. The Kier molecular flexibility index (Phi) is 4.78. The SMILES string of the molecule is COc1ccnc(CN[C@@H](c2ccccc2)c2nccs2)c1. The summed E-state index contributed by atoms with van der Waals surface area (Å²) in [5.41, 5.74) is 2.14. The van der Waals surface area contributed by atoms with Gasteiger partial charge in [0.05, 0.1) is 18.8 Å². The zero-order valence-corrected chi connectivity index (χ0v) is 13.1. The van der Waals surface area contributed by atoms with E-state index in [-0.39, 0.29) is 6.04 Å². The van der Waals surface area contributed by atoms with Crippen LogP contribution < -0.4 is 10.1 Å². The first-order chi connectivity index (χ1) is 10.9. The van der Waals surface area contributed by atoms with Gasteiger partial charge in [0.25, 0.3) is 0 Å². The third kappa shape index (κ3) is 3.50. The van der Waals surface area contributed by atoms with Crippen LogP contribution in [0.3, 0.4) is 0 Å². The molecule has 0 unspecified atom stereocenters. The second kappa shape index (κ2) is 7.15. The van der Waals surface area contributed by atoms with Crippen LogP contribution in [0.2, 0.25) is 0 Å². The molecule has 0 aliphatic rings. The van der Waals surface area contributed by atoms with Crippen molar-refractivity contribution in [2.24, 2.45) is 0 Å². The standard InChI is InChI=1S/C17H17N3OS/c1-21-15-7-8-18-14(11-15)12-20-16(17-19-9-10-22-17)13-5-3-2-4-6-13/h2-11,16,20H,12H2,1H3/t16-/m0/s1.